The number of ether oxygens (including phenoxy) is 1. The quantitative estimate of drug-likeness (QED) is 0.334. The van der Waals surface area contributed by atoms with Crippen molar-refractivity contribution < 1.29 is 9.84 Å². The molecular formula is C33H60N2O2. The van der Waals surface area contributed by atoms with Gasteiger partial charge in [-0.25, -0.2) is 0 Å². The monoisotopic (exact) mass is 516 g/mol. The Bertz CT molecular complexity index is 737. The normalized spacial score (nSPS) is 42.1. The van der Waals surface area contributed by atoms with Gasteiger partial charge < -0.3 is 20.5 Å². The summed E-state index contributed by atoms with van der Waals surface area (Å²) < 4.78 is 5.01. The van der Waals surface area contributed by atoms with Crippen molar-refractivity contribution >= 4 is 0 Å². The van der Waals surface area contributed by atoms with Gasteiger partial charge in [0.15, 0.2) is 0 Å². The number of aliphatic hydroxyl groups is 1. The SMILES string of the molecule is C1COCCN1.CCNC1C[C@H]2[C@@H]3CC=C4C[C@@H](O)CC[C@]4(C)[C@H]3CC[C@]2(C)[C@H]1[C@H](C)CCCC(C)C. The Balaban J connectivity index is 0.000000469. The van der Waals surface area contributed by atoms with Crippen molar-refractivity contribution in [2.45, 2.75) is 118 Å². The fourth-order valence-electron chi connectivity index (χ4n) is 9.79. The molecule has 4 nitrogen and oxygen atoms in total. The predicted octanol–water partition coefficient (Wildman–Crippen LogP) is 6.58. The highest BCUT2D eigenvalue weighted by Gasteiger charge is 2.61. The van der Waals surface area contributed by atoms with Gasteiger partial charge in [0.25, 0.3) is 0 Å². The smallest absolute Gasteiger partial charge is 0.0591 e. The summed E-state index contributed by atoms with van der Waals surface area (Å²) >= 11 is 0. The third-order valence-electron chi connectivity index (χ3n) is 11.6. The van der Waals surface area contributed by atoms with E-state index in [2.05, 4.69) is 58.3 Å². The third kappa shape index (κ3) is 6.34. The van der Waals surface area contributed by atoms with Gasteiger partial charge in [0.05, 0.1) is 19.3 Å². The summed E-state index contributed by atoms with van der Waals surface area (Å²) in [7, 11) is 0. The van der Waals surface area contributed by atoms with Crippen molar-refractivity contribution in [2.24, 2.45) is 46.3 Å². The number of allylic oxidation sites excluding steroid dienone is 1. The molecule has 3 N–H and O–H groups in total. The van der Waals surface area contributed by atoms with Gasteiger partial charge in [-0.1, -0.05) is 72.5 Å². The Morgan fingerprint density at radius 1 is 1.08 bits per heavy atom. The third-order valence-corrected chi connectivity index (χ3v) is 11.6. The van der Waals surface area contributed by atoms with Crippen LogP contribution in [-0.2, 0) is 4.74 Å². The van der Waals surface area contributed by atoms with Gasteiger partial charge in [0.1, 0.15) is 0 Å². The van der Waals surface area contributed by atoms with Gasteiger partial charge in [-0.2, -0.15) is 0 Å². The second-order valence-electron chi connectivity index (χ2n) is 14.3. The van der Waals surface area contributed by atoms with Gasteiger partial charge in [0, 0.05) is 19.1 Å². The van der Waals surface area contributed by atoms with Crippen LogP contribution in [-0.4, -0.2) is 50.1 Å². The average Bonchev–Trinajstić information content (AvgIpc) is 3.18. The Labute approximate surface area is 229 Å². The molecule has 5 rings (SSSR count). The summed E-state index contributed by atoms with van der Waals surface area (Å²) in [6, 6.07) is 0.708. The molecule has 4 fully saturated rings. The lowest BCUT2D eigenvalue weighted by Crippen LogP contribution is -2.51. The van der Waals surface area contributed by atoms with Gasteiger partial charge in [-0.3, -0.25) is 0 Å². The van der Waals surface area contributed by atoms with E-state index < -0.39 is 0 Å². The summed E-state index contributed by atoms with van der Waals surface area (Å²) in [5.41, 5.74) is 2.47. The van der Waals surface area contributed by atoms with Crippen molar-refractivity contribution in [2.75, 3.05) is 32.8 Å². The molecule has 214 valence electrons. The van der Waals surface area contributed by atoms with Gasteiger partial charge in [-0.15, -0.1) is 0 Å². The zero-order valence-electron chi connectivity index (χ0n) is 25.2. The Morgan fingerprint density at radius 2 is 1.84 bits per heavy atom. The van der Waals surface area contributed by atoms with Gasteiger partial charge in [0.2, 0.25) is 0 Å². The van der Waals surface area contributed by atoms with E-state index in [1.165, 1.54) is 51.4 Å². The zero-order chi connectivity index (χ0) is 26.6. The molecule has 0 aromatic rings. The number of morpholine rings is 1. The Morgan fingerprint density at radius 3 is 2.46 bits per heavy atom. The molecule has 37 heavy (non-hydrogen) atoms. The fourth-order valence-corrected chi connectivity index (χ4v) is 9.79. The maximum absolute atomic E-state index is 10.3. The highest BCUT2D eigenvalue weighted by Crippen LogP contribution is 2.67. The van der Waals surface area contributed by atoms with E-state index in [0.29, 0.717) is 16.9 Å². The first-order valence-corrected chi connectivity index (χ1v) is 16.1. The average molecular weight is 517 g/mol. The Kier molecular flexibility index (Phi) is 10.3. The lowest BCUT2D eigenvalue weighted by Gasteiger charge is -2.58. The van der Waals surface area contributed by atoms with Crippen LogP contribution in [0.4, 0.5) is 0 Å². The molecular weight excluding hydrogens is 456 g/mol. The molecule has 0 aromatic heterocycles. The van der Waals surface area contributed by atoms with Crippen LogP contribution < -0.4 is 10.6 Å². The van der Waals surface area contributed by atoms with E-state index in [-0.39, 0.29) is 6.10 Å². The summed E-state index contributed by atoms with van der Waals surface area (Å²) in [5.74, 6) is 5.06. The molecule has 1 aliphatic heterocycles. The number of aliphatic hydroxyl groups excluding tert-OH is 1. The molecule has 1 heterocycles. The van der Waals surface area contributed by atoms with Crippen molar-refractivity contribution in [3.63, 3.8) is 0 Å². The largest absolute Gasteiger partial charge is 0.393 e. The molecule has 0 aromatic carbocycles. The minimum atomic E-state index is -0.0922. The number of hydrogen-bond donors (Lipinski definition) is 3. The van der Waals surface area contributed by atoms with E-state index in [0.717, 1.165) is 81.2 Å². The van der Waals surface area contributed by atoms with Crippen LogP contribution in [0.25, 0.3) is 0 Å². The summed E-state index contributed by atoms with van der Waals surface area (Å²) in [4.78, 5) is 0. The highest BCUT2D eigenvalue weighted by molar-refractivity contribution is 5.26. The molecule has 0 bridgehead atoms. The second kappa shape index (κ2) is 12.8. The van der Waals surface area contributed by atoms with E-state index in [4.69, 9.17) is 4.74 Å². The van der Waals surface area contributed by atoms with Crippen LogP contribution in [0.1, 0.15) is 106 Å². The molecule has 4 aliphatic carbocycles. The standard InChI is InChI=1S/C29H51NO.C4H9NO/c1-7-30-26-18-25-23-12-11-21-17-22(31)13-15-28(21,5)24(23)14-16-29(25,6)27(26)20(4)10-8-9-19(2)3;1-3-6-4-2-5-1/h11,19-20,22-27,30-31H,7-10,12-18H2,1-6H3;5H,1-4H2/t20-,22+,23-,24+,25+,26?,27+,28+,29+;/m1./s1. The minimum absolute atomic E-state index is 0.0922. The van der Waals surface area contributed by atoms with Crippen molar-refractivity contribution in [1.29, 1.82) is 0 Å². The number of hydrogen-bond acceptors (Lipinski definition) is 4. The van der Waals surface area contributed by atoms with Crippen LogP contribution in [0.15, 0.2) is 11.6 Å². The zero-order valence-corrected chi connectivity index (χ0v) is 25.2. The van der Waals surface area contributed by atoms with Gasteiger partial charge in [-0.05, 0) is 97.8 Å². The molecule has 1 saturated heterocycles. The van der Waals surface area contributed by atoms with Gasteiger partial charge >= 0.3 is 0 Å². The molecule has 9 atom stereocenters. The molecule has 3 saturated carbocycles. The first kappa shape index (κ1) is 29.6. The second-order valence-corrected chi connectivity index (χ2v) is 14.3. The number of fused-ring (bicyclic) bond motifs is 5. The maximum atomic E-state index is 10.3. The molecule has 4 heteroatoms. The molecule has 5 aliphatic rings. The highest BCUT2D eigenvalue weighted by atomic mass is 16.5. The first-order chi connectivity index (χ1) is 17.7. The predicted molar refractivity (Wildman–Crippen MR) is 156 cm³/mol. The van der Waals surface area contributed by atoms with Crippen LogP contribution in [0.2, 0.25) is 0 Å². The van der Waals surface area contributed by atoms with Crippen LogP contribution in [0.5, 0.6) is 0 Å². The minimum Gasteiger partial charge on any atom is -0.393 e. The molecule has 0 radical (unpaired) electrons. The summed E-state index contributed by atoms with van der Waals surface area (Å²) in [5, 5.41) is 17.4. The summed E-state index contributed by atoms with van der Waals surface area (Å²) in [6.45, 7) is 19.8. The van der Waals surface area contributed by atoms with E-state index >= 15 is 0 Å². The van der Waals surface area contributed by atoms with E-state index in [9.17, 15) is 5.11 Å². The van der Waals surface area contributed by atoms with E-state index in [1.807, 2.05) is 0 Å². The van der Waals surface area contributed by atoms with Crippen LogP contribution >= 0.6 is 0 Å². The lowest BCUT2D eigenvalue weighted by molar-refractivity contribution is -0.0581. The molecule has 1 unspecified atom stereocenters. The lowest BCUT2D eigenvalue weighted by atomic mass is 9.47. The number of rotatable bonds is 7. The Hall–Kier alpha value is -0.420. The van der Waals surface area contributed by atoms with Crippen LogP contribution in [0, 0.1) is 46.3 Å². The summed E-state index contributed by atoms with van der Waals surface area (Å²) in [6.07, 6.45) is 15.3. The molecule has 0 amide bonds. The fraction of sp³-hybridized carbons (Fsp3) is 0.939. The maximum Gasteiger partial charge on any atom is 0.0591 e. The number of nitrogens with one attached hydrogen (secondary N) is 2. The van der Waals surface area contributed by atoms with Crippen molar-refractivity contribution in [1.82, 2.24) is 10.6 Å². The first-order valence-electron chi connectivity index (χ1n) is 16.1. The van der Waals surface area contributed by atoms with Crippen molar-refractivity contribution in [3.05, 3.63) is 11.6 Å². The molecule has 0 spiro atoms. The topological polar surface area (TPSA) is 53.5 Å². The van der Waals surface area contributed by atoms with E-state index in [1.54, 1.807) is 5.57 Å². The van der Waals surface area contributed by atoms with Crippen molar-refractivity contribution in [3.8, 4) is 0 Å². The van der Waals surface area contributed by atoms with Crippen LogP contribution in [0.3, 0.4) is 0 Å².